The number of nitrogens with zero attached hydrogens (tertiary/aromatic N) is 4. The van der Waals surface area contributed by atoms with Gasteiger partial charge in [0.2, 0.25) is 5.91 Å². The van der Waals surface area contributed by atoms with Crippen LogP contribution in [-0.2, 0) is 23.1 Å². The number of amides is 1. The molecule has 8 nitrogen and oxygen atoms in total. The van der Waals surface area contributed by atoms with Crippen molar-refractivity contribution in [2.45, 2.75) is 11.6 Å². The molecule has 3 aromatic heterocycles. The molecule has 0 atom stereocenters. The molecule has 3 aromatic rings. The lowest BCUT2D eigenvalue weighted by molar-refractivity contribution is -0.124. The number of Topliss-reactive ketones (excluding diaryl/α,β-unsaturated/α-hetero) is 1. The van der Waals surface area contributed by atoms with Gasteiger partial charge in [0.25, 0.3) is 0 Å². The van der Waals surface area contributed by atoms with E-state index in [1.807, 2.05) is 13.1 Å². The average Bonchev–Trinajstić information content (AvgIpc) is 3.26. The lowest BCUT2D eigenvalue weighted by Gasteiger charge is -2.02. The first-order chi connectivity index (χ1) is 12.6. The summed E-state index contributed by atoms with van der Waals surface area (Å²) >= 11 is 2.74. The molecule has 0 fully saturated rings. The minimum absolute atomic E-state index is 0.0186. The predicted molar refractivity (Wildman–Crippen MR) is 99.4 cm³/mol. The Balaban J connectivity index is 1.59. The van der Waals surface area contributed by atoms with Gasteiger partial charge in [0, 0.05) is 19.0 Å². The Hall–Kier alpha value is -2.30. The van der Waals surface area contributed by atoms with E-state index in [0.717, 1.165) is 20.9 Å². The molecule has 0 radical (unpaired) electrons. The SMILES string of the molecule is COCC(=O)NCc1ccc(C(=O)CSc2ncnc3c2cnn3C)s1. The minimum Gasteiger partial charge on any atom is -0.375 e. The van der Waals surface area contributed by atoms with Gasteiger partial charge in [-0.25, -0.2) is 9.97 Å². The number of carbonyl (C=O) groups excluding carboxylic acids is 2. The molecule has 0 aromatic carbocycles. The molecule has 10 heteroatoms. The van der Waals surface area contributed by atoms with Crippen LogP contribution in [0.3, 0.4) is 0 Å². The van der Waals surface area contributed by atoms with Crippen molar-refractivity contribution in [3.8, 4) is 0 Å². The summed E-state index contributed by atoms with van der Waals surface area (Å²) < 4.78 is 6.43. The van der Waals surface area contributed by atoms with Crippen LogP contribution in [0.5, 0.6) is 0 Å². The Morgan fingerprint density at radius 2 is 2.19 bits per heavy atom. The molecule has 0 saturated carbocycles. The number of hydrogen-bond donors (Lipinski definition) is 1. The Kier molecular flexibility index (Phi) is 5.96. The molecule has 3 rings (SSSR count). The lowest BCUT2D eigenvalue weighted by Crippen LogP contribution is -2.26. The van der Waals surface area contributed by atoms with Crippen LogP contribution in [0.4, 0.5) is 0 Å². The van der Waals surface area contributed by atoms with Gasteiger partial charge in [-0.15, -0.1) is 11.3 Å². The van der Waals surface area contributed by atoms with Crippen molar-refractivity contribution >= 4 is 45.8 Å². The van der Waals surface area contributed by atoms with Gasteiger partial charge in [0.05, 0.1) is 28.8 Å². The summed E-state index contributed by atoms with van der Waals surface area (Å²) in [5.41, 5.74) is 0.736. The van der Waals surface area contributed by atoms with Crippen LogP contribution in [0.2, 0.25) is 0 Å². The van der Waals surface area contributed by atoms with Crippen molar-refractivity contribution in [2.24, 2.45) is 7.05 Å². The summed E-state index contributed by atoms with van der Waals surface area (Å²) in [6.07, 6.45) is 3.18. The van der Waals surface area contributed by atoms with Crippen molar-refractivity contribution in [1.29, 1.82) is 0 Å². The number of ketones is 1. The summed E-state index contributed by atoms with van der Waals surface area (Å²) in [5, 5.41) is 8.47. The van der Waals surface area contributed by atoms with Crippen LogP contribution in [0.15, 0.2) is 29.7 Å². The van der Waals surface area contributed by atoms with Gasteiger partial charge in [-0.2, -0.15) is 5.10 Å². The zero-order valence-electron chi connectivity index (χ0n) is 14.3. The number of aryl methyl sites for hydroxylation is 1. The van der Waals surface area contributed by atoms with E-state index in [1.165, 1.54) is 36.5 Å². The second kappa shape index (κ2) is 8.39. The average molecular weight is 391 g/mol. The molecule has 1 N–H and O–H groups in total. The standard InChI is InChI=1S/C16H17N5O3S2/c1-21-15-11(6-20-21)16(19-9-18-15)25-8-12(22)13-4-3-10(26-13)5-17-14(23)7-24-2/h3-4,6,9H,5,7-8H2,1-2H3,(H,17,23). The second-order valence-electron chi connectivity index (χ2n) is 5.37. The van der Waals surface area contributed by atoms with E-state index < -0.39 is 0 Å². The van der Waals surface area contributed by atoms with Crippen LogP contribution < -0.4 is 5.32 Å². The van der Waals surface area contributed by atoms with Gasteiger partial charge in [-0.1, -0.05) is 11.8 Å². The summed E-state index contributed by atoms with van der Waals surface area (Å²) in [5.74, 6) is 0.107. The molecule has 0 spiro atoms. The van der Waals surface area contributed by atoms with E-state index in [1.54, 1.807) is 16.9 Å². The van der Waals surface area contributed by atoms with Crippen LogP contribution in [0, 0.1) is 0 Å². The number of rotatable bonds is 8. The Bertz CT molecular complexity index is 937. The fraction of sp³-hybridized carbons (Fsp3) is 0.312. The van der Waals surface area contributed by atoms with Crippen LogP contribution in [0.25, 0.3) is 11.0 Å². The van der Waals surface area contributed by atoms with E-state index in [0.29, 0.717) is 11.4 Å². The maximum absolute atomic E-state index is 12.4. The summed E-state index contributed by atoms with van der Waals surface area (Å²) in [6, 6.07) is 3.63. The molecule has 1 amide bonds. The van der Waals surface area contributed by atoms with Gasteiger partial charge in [-0.05, 0) is 12.1 Å². The number of hydrogen-bond acceptors (Lipinski definition) is 8. The first-order valence-corrected chi connectivity index (χ1v) is 9.51. The predicted octanol–water partition coefficient (Wildman–Crippen LogP) is 1.66. The first kappa shape index (κ1) is 18.5. The molecule has 0 aliphatic carbocycles. The third kappa shape index (κ3) is 4.26. The van der Waals surface area contributed by atoms with Crippen LogP contribution >= 0.6 is 23.1 Å². The van der Waals surface area contributed by atoms with Gasteiger partial charge in [0.1, 0.15) is 18.0 Å². The number of thioether (sulfide) groups is 1. The third-order valence-corrected chi connectivity index (χ3v) is 5.64. The summed E-state index contributed by atoms with van der Waals surface area (Å²) in [4.78, 5) is 33.8. The van der Waals surface area contributed by atoms with Gasteiger partial charge in [-0.3, -0.25) is 14.3 Å². The van der Waals surface area contributed by atoms with Crippen molar-refractivity contribution in [2.75, 3.05) is 19.5 Å². The highest BCUT2D eigenvalue weighted by Gasteiger charge is 2.14. The Morgan fingerprint density at radius 3 is 3.00 bits per heavy atom. The molecule has 26 heavy (non-hydrogen) atoms. The maximum Gasteiger partial charge on any atom is 0.246 e. The fourth-order valence-corrected chi connectivity index (χ4v) is 4.07. The molecule has 136 valence electrons. The van der Waals surface area contributed by atoms with Crippen LogP contribution in [0.1, 0.15) is 14.5 Å². The molecule has 0 aliphatic rings. The van der Waals surface area contributed by atoms with Crippen molar-refractivity contribution in [3.63, 3.8) is 0 Å². The topological polar surface area (TPSA) is 99.0 Å². The summed E-state index contributed by atoms with van der Waals surface area (Å²) in [7, 11) is 3.28. The first-order valence-electron chi connectivity index (χ1n) is 7.71. The number of fused-ring (bicyclic) bond motifs is 1. The monoisotopic (exact) mass is 391 g/mol. The Morgan fingerprint density at radius 1 is 1.35 bits per heavy atom. The van der Waals surface area contributed by atoms with Crippen molar-refractivity contribution in [1.82, 2.24) is 25.1 Å². The van der Waals surface area contributed by atoms with Gasteiger partial charge < -0.3 is 10.1 Å². The Labute approximate surface area is 158 Å². The van der Waals surface area contributed by atoms with E-state index in [9.17, 15) is 9.59 Å². The number of ether oxygens (including phenoxy) is 1. The van der Waals surface area contributed by atoms with Crippen LogP contribution in [-0.4, -0.2) is 50.9 Å². The number of nitrogens with one attached hydrogen (secondary N) is 1. The van der Waals surface area contributed by atoms with Crippen molar-refractivity contribution < 1.29 is 14.3 Å². The minimum atomic E-state index is -0.186. The maximum atomic E-state index is 12.4. The quantitative estimate of drug-likeness (QED) is 0.354. The van der Waals surface area contributed by atoms with E-state index >= 15 is 0 Å². The van der Waals surface area contributed by atoms with E-state index in [-0.39, 0.29) is 24.1 Å². The molecule has 0 bridgehead atoms. The zero-order valence-corrected chi connectivity index (χ0v) is 15.9. The smallest absolute Gasteiger partial charge is 0.246 e. The highest BCUT2D eigenvalue weighted by atomic mass is 32.2. The fourth-order valence-electron chi connectivity index (χ4n) is 2.25. The molecule has 0 saturated heterocycles. The third-order valence-electron chi connectivity index (χ3n) is 3.50. The highest BCUT2D eigenvalue weighted by Crippen LogP contribution is 2.26. The van der Waals surface area contributed by atoms with E-state index in [2.05, 4.69) is 20.4 Å². The van der Waals surface area contributed by atoms with Gasteiger partial charge in [0.15, 0.2) is 11.4 Å². The lowest BCUT2D eigenvalue weighted by atomic mass is 10.3. The number of methoxy groups -OCH3 is 1. The highest BCUT2D eigenvalue weighted by molar-refractivity contribution is 8.00. The van der Waals surface area contributed by atoms with Gasteiger partial charge >= 0.3 is 0 Å². The molecular weight excluding hydrogens is 374 g/mol. The number of aromatic nitrogens is 4. The molecular formula is C16H17N5O3S2. The summed E-state index contributed by atoms with van der Waals surface area (Å²) in [6.45, 7) is 0.408. The largest absolute Gasteiger partial charge is 0.375 e. The zero-order chi connectivity index (χ0) is 18.5. The van der Waals surface area contributed by atoms with Crippen molar-refractivity contribution in [3.05, 3.63) is 34.4 Å². The molecule has 0 aliphatic heterocycles. The number of thiophene rings is 1. The number of carbonyl (C=O) groups is 2. The normalized spacial score (nSPS) is 11.0. The molecule has 3 heterocycles. The molecule has 0 unspecified atom stereocenters. The van der Waals surface area contributed by atoms with E-state index in [4.69, 9.17) is 4.74 Å². The second-order valence-corrected chi connectivity index (χ2v) is 7.50.